The lowest BCUT2D eigenvalue weighted by atomic mass is 9.60. The van der Waals surface area contributed by atoms with Crippen LogP contribution in [0.15, 0.2) is 41.5 Å². The molecule has 1 saturated heterocycles. The topological polar surface area (TPSA) is 34.1 Å². The number of hydrogen-bond acceptors (Lipinski definition) is 4. The van der Waals surface area contributed by atoms with Crippen molar-refractivity contribution in [2.75, 3.05) is 19.7 Å². The summed E-state index contributed by atoms with van der Waals surface area (Å²) in [6.45, 7) is 11.9. The normalized spacial score (nSPS) is 26.3. The highest BCUT2D eigenvalue weighted by molar-refractivity contribution is 5.77. The van der Waals surface area contributed by atoms with Gasteiger partial charge in [0.15, 0.2) is 6.10 Å². The van der Waals surface area contributed by atoms with Crippen LogP contribution in [0, 0.1) is 10.8 Å². The molecular formula is C23H32N2O2. The highest BCUT2D eigenvalue weighted by Gasteiger charge is 2.38. The Morgan fingerprint density at radius 3 is 2.48 bits per heavy atom. The second kappa shape index (κ2) is 6.88. The minimum Gasteiger partial charge on any atom is -0.490 e. The lowest BCUT2D eigenvalue weighted by molar-refractivity contribution is 0.0968. The van der Waals surface area contributed by atoms with Gasteiger partial charge in [0, 0.05) is 12.7 Å². The van der Waals surface area contributed by atoms with Gasteiger partial charge in [0.1, 0.15) is 12.4 Å². The molecule has 1 saturated carbocycles. The Balaban J connectivity index is 1.34. The third-order valence-electron chi connectivity index (χ3n) is 5.93. The van der Waals surface area contributed by atoms with Crippen molar-refractivity contribution >= 4 is 6.02 Å². The first kappa shape index (κ1) is 18.4. The molecule has 0 amide bonds. The molecule has 2 fully saturated rings. The SMILES string of the molecule is CC1(C)CC(c2ccc(OC[C@@H]3CN4CC=CN=C4O3)cc2)CC(C)(C)C1. The third kappa shape index (κ3) is 4.31. The zero-order valence-corrected chi connectivity index (χ0v) is 17.1. The van der Waals surface area contributed by atoms with Gasteiger partial charge in [0.25, 0.3) is 6.02 Å². The molecule has 0 spiro atoms. The van der Waals surface area contributed by atoms with E-state index in [9.17, 15) is 0 Å². The number of aliphatic imine (C=N–C) groups is 1. The van der Waals surface area contributed by atoms with E-state index in [1.165, 1.54) is 24.8 Å². The summed E-state index contributed by atoms with van der Waals surface area (Å²) in [6.07, 6.45) is 7.72. The first-order valence-electron chi connectivity index (χ1n) is 10.2. The largest absolute Gasteiger partial charge is 0.490 e. The molecule has 2 heterocycles. The minimum atomic E-state index is 0.0447. The van der Waals surface area contributed by atoms with Gasteiger partial charge >= 0.3 is 0 Å². The highest BCUT2D eigenvalue weighted by atomic mass is 16.6. The molecule has 0 aromatic heterocycles. The van der Waals surface area contributed by atoms with Crippen LogP contribution < -0.4 is 4.74 Å². The molecule has 1 aromatic carbocycles. The molecule has 1 aliphatic carbocycles. The monoisotopic (exact) mass is 368 g/mol. The number of nitrogens with zero attached hydrogens (tertiary/aromatic N) is 2. The molecular weight excluding hydrogens is 336 g/mol. The van der Waals surface area contributed by atoms with Crippen molar-refractivity contribution in [2.24, 2.45) is 15.8 Å². The van der Waals surface area contributed by atoms with Crippen LogP contribution >= 0.6 is 0 Å². The van der Waals surface area contributed by atoms with Gasteiger partial charge in [-0.15, -0.1) is 0 Å². The van der Waals surface area contributed by atoms with Crippen LogP contribution in [0.2, 0.25) is 0 Å². The van der Waals surface area contributed by atoms with Crippen molar-refractivity contribution in [1.29, 1.82) is 0 Å². The molecule has 0 unspecified atom stereocenters. The number of hydrogen-bond donors (Lipinski definition) is 0. The Labute approximate surface area is 163 Å². The second-order valence-electron chi connectivity index (χ2n) is 9.93. The van der Waals surface area contributed by atoms with Crippen molar-refractivity contribution in [1.82, 2.24) is 4.90 Å². The van der Waals surface area contributed by atoms with Gasteiger partial charge in [0.05, 0.1) is 6.54 Å². The van der Waals surface area contributed by atoms with Crippen LogP contribution in [0.25, 0.3) is 0 Å². The molecule has 0 N–H and O–H groups in total. The minimum absolute atomic E-state index is 0.0447. The molecule has 4 rings (SSSR count). The summed E-state index contributed by atoms with van der Waals surface area (Å²) >= 11 is 0. The number of rotatable bonds is 4. The molecule has 4 heteroatoms. The lowest BCUT2D eigenvalue weighted by Crippen LogP contribution is -2.32. The van der Waals surface area contributed by atoms with Crippen LogP contribution in [-0.4, -0.2) is 36.7 Å². The van der Waals surface area contributed by atoms with Crippen molar-refractivity contribution in [3.05, 3.63) is 42.1 Å². The number of ether oxygens (including phenoxy) is 2. The summed E-state index contributed by atoms with van der Waals surface area (Å²) in [7, 11) is 0. The Hall–Kier alpha value is -1.97. The number of benzene rings is 1. The fraction of sp³-hybridized carbons (Fsp3) is 0.609. The predicted molar refractivity (Wildman–Crippen MR) is 109 cm³/mol. The Kier molecular flexibility index (Phi) is 4.69. The van der Waals surface area contributed by atoms with E-state index < -0.39 is 0 Å². The molecule has 0 radical (unpaired) electrons. The predicted octanol–water partition coefficient (Wildman–Crippen LogP) is 4.97. The van der Waals surface area contributed by atoms with Crippen molar-refractivity contribution in [3.8, 4) is 5.75 Å². The Morgan fingerprint density at radius 2 is 1.81 bits per heavy atom. The average Bonchev–Trinajstić information content (AvgIpc) is 3.01. The summed E-state index contributed by atoms with van der Waals surface area (Å²) in [5.41, 5.74) is 2.26. The molecule has 0 bridgehead atoms. The maximum absolute atomic E-state index is 5.99. The molecule has 4 nitrogen and oxygen atoms in total. The van der Waals surface area contributed by atoms with Crippen LogP contribution in [0.5, 0.6) is 5.75 Å². The van der Waals surface area contributed by atoms with E-state index >= 15 is 0 Å². The first-order chi connectivity index (χ1) is 12.8. The zero-order chi connectivity index (χ0) is 19.1. The zero-order valence-electron chi connectivity index (χ0n) is 17.1. The standard InChI is InChI=1S/C23H32N2O2/c1-22(2)12-18(13-23(3,4)16-22)17-6-8-19(9-7-17)26-15-20-14-25-11-5-10-24-21(25)27-20/h5-10,18,20H,11-16H2,1-4H3/t20-/m0/s1. The van der Waals surface area contributed by atoms with Crippen LogP contribution in [0.3, 0.4) is 0 Å². The fourth-order valence-corrected chi connectivity index (χ4v) is 5.33. The smallest absolute Gasteiger partial charge is 0.292 e. The van der Waals surface area contributed by atoms with Gasteiger partial charge in [-0.3, -0.25) is 0 Å². The highest BCUT2D eigenvalue weighted by Crippen LogP contribution is 2.51. The summed E-state index contributed by atoms with van der Waals surface area (Å²) in [4.78, 5) is 6.41. The first-order valence-corrected chi connectivity index (χ1v) is 10.2. The summed E-state index contributed by atoms with van der Waals surface area (Å²) in [5.74, 6) is 1.55. The van der Waals surface area contributed by atoms with Crippen LogP contribution in [-0.2, 0) is 4.74 Å². The van der Waals surface area contributed by atoms with Crippen LogP contribution in [0.4, 0.5) is 0 Å². The van der Waals surface area contributed by atoms with Gasteiger partial charge in [-0.2, -0.15) is 0 Å². The molecule has 27 heavy (non-hydrogen) atoms. The fourth-order valence-electron chi connectivity index (χ4n) is 5.33. The quantitative estimate of drug-likeness (QED) is 0.752. The maximum atomic E-state index is 5.99. The number of fused-ring (bicyclic) bond motifs is 1. The maximum Gasteiger partial charge on any atom is 0.292 e. The van der Waals surface area contributed by atoms with E-state index in [1.54, 1.807) is 0 Å². The van der Waals surface area contributed by atoms with Crippen molar-refractivity contribution < 1.29 is 9.47 Å². The average molecular weight is 369 g/mol. The van der Waals surface area contributed by atoms with Gasteiger partial charge in [-0.1, -0.05) is 39.8 Å². The van der Waals surface area contributed by atoms with Crippen LogP contribution in [0.1, 0.15) is 58.4 Å². The molecule has 1 aromatic rings. The van der Waals surface area contributed by atoms with E-state index in [2.05, 4.69) is 61.9 Å². The van der Waals surface area contributed by atoms with Gasteiger partial charge in [-0.25, -0.2) is 4.99 Å². The molecule has 146 valence electrons. The van der Waals surface area contributed by atoms with E-state index in [4.69, 9.17) is 9.47 Å². The van der Waals surface area contributed by atoms with E-state index in [0.717, 1.165) is 24.9 Å². The van der Waals surface area contributed by atoms with Gasteiger partial charge in [-0.05, 0) is 59.8 Å². The summed E-state index contributed by atoms with van der Waals surface area (Å²) in [6, 6.07) is 9.47. The summed E-state index contributed by atoms with van der Waals surface area (Å²) in [5, 5.41) is 0. The molecule has 1 atom stereocenters. The van der Waals surface area contributed by atoms with E-state index in [0.29, 0.717) is 23.4 Å². The molecule has 3 aliphatic rings. The van der Waals surface area contributed by atoms with E-state index in [-0.39, 0.29) is 6.10 Å². The molecule has 2 aliphatic heterocycles. The lowest BCUT2D eigenvalue weighted by Gasteiger charge is -2.45. The van der Waals surface area contributed by atoms with Crippen molar-refractivity contribution in [3.63, 3.8) is 0 Å². The summed E-state index contributed by atoms with van der Waals surface area (Å²) < 4.78 is 11.8. The third-order valence-corrected chi connectivity index (χ3v) is 5.93. The van der Waals surface area contributed by atoms with Gasteiger partial charge in [0.2, 0.25) is 0 Å². The Bertz CT molecular complexity index is 717. The Morgan fingerprint density at radius 1 is 1.11 bits per heavy atom. The second-order valence-corrected chi connectivity index (χ2v) is 9.93. The number of amidine groups is 1. The van der Waals surface area contributed by atoms with Gasteiger partial charge < -0.3 is 14.4 Å². The van der Waals surface area contributed by atoms with E-state index in [1.807, 2.05) is 12.3 Å². The van der Waals surface area contributed by atoms with Crippen molar-refractivity contribution in [2.45, 2.75) is 59.0 Å².